The van der Waals surface area contributed by atoms with E-state index in [1.165, 1.54) is 0 Å². The molecule has 22 heavy (non-hydrogen) atoms. The van der Waals surface area contributed by atoms with E-state index < -0.39 is 18.1 Å². The summed E-state index contributed by atoms with van der Waals surface area (Å²) in [6.07, 6.45) is -1.41. The molecule has 4 heteroatoms. The lowest BCUT2D eigenvalue weighted by atomic mass is 10.1. The number of hydrogen-bond acceptors (Lipinski definition) is 3. The molecule has 0 aliphatic rings. The van der Waals surface area contributed by atoms with Gasteiger partial charge in [-0.2, -0.15) is 0 Å². The van der Waals surface area contributed by atoms with Crippen LogP contribution < -0.4 is 0 Å². The van der Waals surface area contributed by atoms with Crippen molar-refractivity contribution < 1.29 is 15.0 Å². The lowest BCUT2D eigenvalue weighted by molar-refractivity contribution is -0.150. The zero-order valence-corrected chi connectivity index (χ0v) is 12.6. The van der Waals surface area contributed by atoms with Crippen molar-refractivity contribution in [2.45, 2.75) is 32.2 Å². The zero-order valence-electron chi connectivity index (χ0n) is 12.6. The van der Waals surface area contributed by atoms with E-state index in [9.17, 15) is 9.90 Å². The Morgan fingerprint density at radius 1 is 0.955 bits per heavy atom. The molecular formula is C18H21NO3. The van der Waals surface area contributed by atoms with Crippen molar-refractivity contribution in [3.63, 3.8) is 0 Å². The van der Waals surface area contributed by atoms with Crippen molar-refractivity contribution in [2.24, 2.45) is 0 Å². The van der Waals surface area contributed by atoms with Gasteiger partial charge in [-0.05, 0) is 18.1 Å². The molecule has 116 valence electrons. The number of benzene rings is 2. The molecule has 4 nitrogen and oxygen atoms in total. The second-order valence-electron chi connectivity index (χ2n) is 5.40. The van der Waals surface area contributed by atoms with Crippen LogP contribution in [0.2, 0.25) is 0 Å². The van der Waals surface area contributed by atoms with E-state index in [1.54, 1.807) is 6.92 Å². The monoisotopic (exact) mass is 299 g/mol. The fourth-order valence-corrected chi connectivity index (χ4v) is 2.39. The van der Waals surface area contributed by atoms with E-state index in [0.29, 0.717) is 13.1 Å². The van der Waals surface area contributed by atoms with E-state index in [-0.39, 0.29) is 0 Å². The average molecular weight is 299 g/mol. The minimum atomic E-state index is -1.41. The highest BCUT2D eigenvalue weighted by Gasteiger charge is 2.27. The number of carboxylic acids is 1. The maximum absolute atomic E-state index is 11.1. The number of carbonyl (C=O) groups is 1. The summed E-state index contributed by atoms with van der Waals surface area (Å²) in [5.41, 5.74) is 2.17. The van der Waals surface area contributed by atoms with Gasteiger partial charge < -0.3 is 10.2 Å². The molecule has 0 saturated heterocycles. The lowest BCUT2D eigenvalue weighted by Crippen LogP contribution is -2.44. The van der Waals surface area contributed by atoms with E-state index in [4.69, 9.17) is 5.11 Å². The number of nitrogens with zero attached hydrogens (tertiary/aromatic N) is 1. The standard InChI is InChI=1S/C18H21NO3/c1-14(17(20)18(21)22)19(12-15-8-4-2-5-9-15)13-16-10-6-3-7-11-16/h2-11,14,17,20H,12-13H2,1H3,(H,21,22)/t14-,17+/m0/s1. The topological polar surface area (TPSA) is 60.8 Å². The highest BCUT2D eigenvalue weighted by atomic mass is 16.4. The summed E-state index contributed by atoms with van der Waals surface area (Å²) < 4.78 is 0. The van der Waals surface area contributed by atoms with E-state index >= 15 is 0 Å². The van der Waals surface area contributed by atoms with Crippen LogP contribution in [0.5, 0.6) is 0 Å². The third-order valence-electron chi connectivity index (χ3n) is 3.74. The van der Waals surface area contributed by atoms with Crippen LogP contribution in [0.4, 0.5) is 0 Å². The Morgan fingerprint density at radius 2 is 1.36 bits per heavy atom. The molecule has 0 aromatic heterocycles. The van der Waals surface area contributed by atoms with Gasteiger partial charge in [0.15, 0.2) is 6.10 Å². The molecule has 0 amide bonds. The Balaban J connectivity index is 2.18. The molecule has 0 radical (unpaired) electrons. The van der Waals surface area contributed by atoms with Crippen LogP contribution >= 0.6 is 0 Å². The first-order valence-corrected chi connectivity index (χ1v) is 7.30. The van der Waals surface area contributed by atoms with Gasteiger partial charge in [-0.15, -0.1) is 0 Å². The summed E-state index contributed by atoms with van der Waals surface area (Å²) in [6, 6.07) is 19.2. The fraction of sp³-hybridized carbons (Fsp3) is 0.278. The Bertz CT molecular complexity index is 544. The van der Waals surface area contributed by atoms with Crippen LogP contribution in [0.3, 0.4) is 0 Å². The molecule has 0 bridgehead atoms. The van der Waals surface area contributed by atoms with Gasteiger partial charge in [-0.1, -0.05) is 60.7 Å². The highest BCUT2D eigenvalue weighted by molar-refractivity contribution is 5.72. The Kier molecular flexibility index (Phi) is 5.69. The first-order valence-electron chi connectivity index (χ1n) is 7.30. The second kappa shape index (κ2) is 7.73. The summed E-state index contributed by atoms with van der Waals surface area (Å²) in [5, 5.41) is 18.9. The van der Waals surface area contributed by atoms with Gasteiger partial charge in [0.2, 0.25) is 0 Å². The van der Waals surface area contributed by atoms with Crippen molar-refractivity contribution in [1.82, 2.24) is 4.90 Å². The predicted molar refractivity (Wildman–Crippen MR) is 85.2 cm³/mol. The molecule has 2 aromatic carbocycles. The van der Waals surface area contributed by atoms with Gasteiger partial charge in [0, 0.05) is 19.1 Å². The molecule has 0 unspecified atom stereocenters. The molecule has 0 aliphatic carbocycles. The first-order chi connectivity index (χ1) is 10.6. The van der Waals surface area contributed by atoms with Gasteiger partial charge in [-0.25, -0.2) is 4.79 Å². The molecule has 2 rings (SSSR count). The lowest BCUT2D eigenvalue weighted by Gasteiger charge is -2.31. The van der Waals surface area contributed by atoms with Gasteiger partial charge >= 0.3 is 5.97 Å². The SMILES string of the molecule is C[C@@H]([C@@H](O)C(=O)O)N(Cc1ccccc1)Cc1ccccc1. The summed E-state index contributed by atoms with van der Waals surface area (Å²) in [5.74, 6) is -1.20. The Hall–Kier alpha value is -2.17. The molecule has 2 aromatic rings. The number of aliphatic carboxylic acids is 1. The van der Waals surface area contributed by atoms with E-state index in [0.717, 1.165) is 11.1 Å². The van der Waals surface area contributed by atoms with Gasteiger partial charge in [0.1, 0.15) is 0 Å². The maximum atomic E-state index is 11.1. The summed E-state index contributed by atoms with van der Waals surface area (Å²) >= 11 is 0. The molecule has 0 spiro atoms. The summed E-state index contributed by atoms with van der Waals surface area (Å²) in [7, 11) is 0. The van der Waals surface area contributed by atoms with Gasteiger partial charge in [-0.3, -0.25) is 4.90 Å². The largest absolute Gasteiger partial charge is 0.479 e. The van der Waals surface area contributed by atoms with Crippen LogP contribution in [-0.4, -0.2) is 33.2 Å². The van der Waals surface area contributed by atoms with Crippen molar-refractivity contribution in [3.8, 4) is 0 Å². The minimum Gasteiger partial charge on any atom is -0.479 e. The van der Waals surface area contributed by atoms with Crippen LogP contribution in [0.15, 0.2) is 60.7 Å². The van der Waals surface area contributed by atoms with Crippen molar-refractivity contribution >= 4 is 5.97 Å². The molecule has 0 saturated carbocycles. The smallest absolute Gasteiger partial charge is 0.334 e. The van der Waals surface area contributed by atoms with E-state index in [2.05, 4.69) is 0 Å². The highest BCUT2D eigenvalue weighted by Crippen LogP contribution is 2.15. The molecule has 0 aliphatic heterocycles. The fourth-order valence-electron chi connectivity index (χ4n) is 2.39. The number of aliphatic hydroxyl groups is 1. The average Bonchev–Trinajstić information content (AvgIpc) is 2.54. The van der Waals surface area contributed by atoms with Crippen LogP contribution in [0, 0.1) is 0 Å². The summed E-state index contributed by atoms with van der Waals surface area (Å²) in [6.45, 7) is 2.91. The molecule has 0 fully saturated rings. The maximum Gasteiger partial charge on any atom is 0.334 e. The normalized spacial score (nSPS) is 13.8. The third-order valence-corrected chi connectivity index (χ3v) is 3.74. The summed E-state index contributed by atoms with van der Waals surface area (Å²) in [4.78, 5) is 13.0. The Labute approximate surface area is 130 Å². The number of hydrogen-bond donors (Lipinski definition) is 2. The molecule has 2 N–H and O–H groups in total. The second-order valence-corrected chi connectivity index (χ2v) is 5.40. The third kappa shape index (κ3) is 4.41. The molecule has 2 atom stereocenters. The van der Waals surface area contributed by atoms with Crippen molar-refractivity contribution in [2.75, 3.05) is 0 Å². The van der Waals surface area contributed by atoms with Crippen molar-refractivity contribution in [1.29, 1.82) is 0 Å². The van der Waals surface area contributed by atoms with E-state index in [1.807, 2.05) is 65.6 Å². The zero-order chi connectivity index (χ0) is 15.9. The van der Waals surface area contributed by atoms with Gasteiger partial charge in [0.25, 0.3) is 0 Å². The molecular weight excluding hydrogens is 278 g/mol. The quantitative estimate of drug-likeness (QED) is 0.825. The predicted octanol–water partition coefficient (Wildman–Crippen LogP) is 2.52. The van der Waals surface area contributed by atoms with Crippen molar-refractivity contribution in [3.05, 3.63) is 71.8 Å². The number of carboxylic acid groups (broad SMARTS) is 1. The molecule has 0 heterocycles. The Morgan fingerprint density at radius 3 is 1.73 bits per heavy atom. The first kappa shape index (κ1) is 16.2. The minimum absolute atomic E-state index is 0.488. The number of rotatable bonds is 7. The van der Waals surface area contributed by atoms with Crippen LogP contribution in [-0.2, 0) is 17.9 Å². The van der Waals surface area contributed by atoms with Crippen LogP contribution in [0.1, 0.15) is 18.1 Å². The van der Waals surface area contributed by atoms with Gasteiger partial charge in [0.05, 0.1) is 0 Å². The van der Waals surface area contributed by atoms with Crippen LogP contribution in [0.25, 0.3) is 0 Å². The number of aliphatic hydroxyl groups excluding tert-OH is 1.